The molecule has 2 saturated carbocycles. The van der Waals surface area contributed by atoms with Gasteiger partial charge in [0.15, 0.2) is 0 Å². The molecule has 0 unspecified atom stereocenters. The van der Waals surface area contributed by atoms with Crippen LogP contribution in [0.15, 0.2) is 27.4 Å². The van der Waals surface area contributed by atoms with Crippen LogP contribution in [0, 0.1) is 12.8 Å². The van der Waals surface area contributed by atoms with Gasteiger partial charge in [-0.3, -0.25) is 9.59 Å². The third-order valence-corrected chi connectivity index (χ3v) is 8.46. The number of anilines is 1. The van der Waals surface area contributed by atoms with Crippen molar-refractivity contribution < 1.29 is 18.7 Å². The first-order chi connectivity index (χ1) is 19.0. The Kier molecular flexibility index (Phi) is 7.14. The van der Waals surface area contributed by atoms with E-state index < -0.39 is 0 Å². The second kappa shape index (κ2) is 10.7. The molecule has 39 heavy (non-hydrogen) atoms. The van der Waals surface area contributed by atoms with Crippen LogP contribution in [0.3, 0.4) is 0 Å². The lowest BCUT2D eigenvalue weighted by atomic mass is 9.95. The molecular formula is C31H39N3O5. The van der Waals surface area contributed by atoms with E-state index in [1.165, 1.54) is 20.0 Å². The summed E-state index contributed by atoms with van der Waals surface area (Å²) in [5, 5.41) is 3.91. The minimum absolute atomic E-state index is 0.0750. The van der Waals surface area contributed by atoms with Crippen molar-refractivity contribution in [2.45, 2.75) is 77.3 Å². The molecule has 3 fully saturated rings. The molecule has 1 amide bonds. The number of amides is 1. The Hall–Kier alpha value is -3.26. The molecule has 8 heteroatoms. The number of hydrogen-bond donors (Lipinski definition) is 2. The summed E-state index contributed by atoms with van der Waals surface area (Å²) in [7, 11) is 1.54. The number of furan rings is 1. The van der Waals surface area contributed by atoms with Gasteiger partial charge < -0.3 is 29.1 Å². The van der Waals surface area contributed by atoms with Crippen molar-refractivity contribution >= 4 is 22.6 Å². The summed E-state index contributed by atoms with van der Waals surface area (Å²) in [6.07, 6.45) is 7.46. The van der Waals surface area contributed by atoms with Crippen LogP contribution in [0.25, 0.3) is 11.0 Å². The largest absolute Gasteiger partial charge is 0.496 e. The van der Waals surface area contributed by atoms with E-state index in [0.29, 0.717) is 40.4 Å². The van der Waals surface area contributed by atoms with Crippen LogP contribution in [0.5, 0.6) is 5.75 Å². The Balaban J connectivity index is 1.42. The number of benzene rings is 1. The molecule has 6 rings (SSSR count). The zero-order chi connectivity index (χ0) is 27.1. The lowest BCUT2D eigenvalue weighted by Crippen LogP contribution is -2.41. The highest BCUT2D eigenvalue weighted by Crippen LogP contribution is 2.45. The Labute approximate surface area is 229 Å². The summed E-state index contributed by atoms with van der Waals surface area (Å²) in [5.41, 5.74) is 4.45. The van der Waals surface area contributed by atoms with Crippen LogP contribution in [0.2, 0.25) is 0 Å². The molecule has 1 aliphatic heterocycles. The van der Waals surface area contributed by atoms with E-state index >= 15 is 0 Å². The molecular weight excluding hydrogens is 494 g/mol. The third-order valence-electron chi connectivity index (χ3n) is 8.46. The van der Waals surface area contributed by atoms with Crippen LogP contribution in [-0.4, -0.2) is 43.8 Å². The topological polar surface area (TPSA) is 96.8 Å². The van der Waals surface area contributed by atoms with Gasteiger partial charge in [0.25, 0.3) is 11.5 Å². The summed E-state index contributed by atoms with van der Waals surface area (Å²) in [4.78, 5) is 32.1. The number of nitrogens with one attached hydrogen (secondary N) is 2. The van der Waals surface area contributed by atoms with Gasteiger partial charge in [0.2, 0.25) is 0 Å². The molecule has 3 aromatic rings. The average molecular weight is 534 g/mol. The molecule has 1 aromatic carbocycles. The number of rotatable bonds is 10. The van der Waals surface area contributed by atoms with Crippen LogP contribution in [0.4, 0.5) is 5.69 Å². The van der Waals surface area contributed by atoms with E-state index in [2.05, 4.69) is 34.3 Å². The highest BCUT2D eigenvalue weighted by molar-refractivity contribution is 6.09. The van der Waals surface area contributed by atoms with E-state index in [1.54, 1.807) is 6.07 Å². The molecule has 3 heterocycles. The van der Waals surface area contributed by atoms with Gasteiger partial charge in [-0.15, -0.1) is 0 Å². The Morgan fingerprint density at radius 3 is 2.54 bits per heavy atom. The zero-order valence-electron chi connectivity index (χ0n) is 23.2. The van der Waals surface area contributed by atoms with Crippen LogP contribution < -0.4 is 20.5 Å². The molecule has 0 bridgehead atoms. The van der Waals surface area contributed by atoms with Crippen molar-refractivity contribution in [1.29, 1.82) is 0 Å². The summed E-state index contributed by atoms with van der Waals surface area (Å²) >= 11 is 0. The van der Waals surface area contributed by atoms with Gasteiger partial charge in [-0.05, 0) is 75.5 Å². The van der Waals surface area contributed by atoms with Crippen molar-refractivity contribution in [3.8, 4) is 5.75 Å². The molecule has 1 saturated heterocycles. The minimum atomic E-state index is -0.254. The summed E-state index contributed by atoms with van der Waals surface area (Å²) in [5.74, 6) is 2.39. The van der Waals surface area contributed by atoms with Crippen LogP contribution in [-0.2, 0) is 17.7 Å². The lowest BCUT2D eigenvalue weighted by Gasteiger charge is -2.38. The standard InChI is InChI=1S/C31H39N3O5/c1-4-22-25(34(17-19-5-6-19)21-9-11-38-12-10-21)15-28-23(14-26(39-28)20-7-8-20)29(22)31(36)32-16-24-27(37-3)13-18(2)33-30(24)35/h13-15,19-21H,4-12,16-17H2,1-3H3,(H,32,36)(H,33,35). The molecule has 2 aromatic heterocycles. The van der Waals surface area contributed by atoms with E-state index in [0.717, 1.165) is 79.8 Å². The molecule has 3 aliphatic rings. The third kappa shape index (κ3) is 5.31. The number of carbonyl (C=O) groups excluding carboxylic acids is 1. The highest BCUT2D eigenvalue weighted by Gasteiger charge is 2.34. The predicted molar refractivity (Wildman–Crippen MR) is 151 cm³/mol. The van der Waals surface area contributed by atoms with Crippen molar-refractivity contribution in [2.75, 3.05) is 31.8 Å². The highest BCUT2D eigenvalue weighted by atomic mass is 16.5. The number of fused-ring (bicyclic) bond motifs is 1. The predicted octanol–water partition coefficient (Wildman–Crippen LogP) is 5.20. The van der Waals surface area contributed by atoms with E-state index in [-0.39, 0.29) is 18.0 Å². The molecule has 208 valence electrons. The molecule has 8 nitrogen and oxygen atoms in total. The fourth-order valence-electron chi connectivity index (χ4n) is 5.98. The van der Waals surface area contributed by atoms with Gasteiger partial charge in [0.1, 0.15) is 17.1 Å². The number of hydrogen-bond acceptors (Lipinski definition) is 6. The van der Waals surface area contributed by atoms with Crippen molar-refractivity contribution in [1.82, 2.24) is 10.3 Å². The molecule has 2 aliphatic carbocycles. The van der Waals surface area contributed by atoms with Crippen LogP contribution in [0.1, 0.15) is 84.3 Å². The van der Waals surface area contributed by atoms with Gasteiger partial charge in [-0.2, -0.15) is 0 Å². The number of aromatic nitrogens is 1. The van der Waals surface area contributed by atoms with Gasteiger partial charge in [0.05, 0.1) is 24.8 Å². The van der Waals surface area contributed by atoms with Gasteiger partial charge in [0, 0.05) is 54.6 Å². The van der Waals surface area contributed by atoms with Gasteiger partial charge in [-0.1, -0.05) is 6.92 Å². The second-order valence-electron chi connectivity index (χ2n) is 11.4. The number of H-pyrrole nitrogens is 1. The van der Waals surface area contributed by atoms with E-state index in [4.69, 9.17) is 13.9 Å². The van der Waals surface area contributed by atoms with Gasteiger partial charge in [-0.25, -0.2) is 0 Å². The zero-order valence-corrected chi connectivity index (χ0v) is 23.2. The maximum Gasteiger partial charge on any atom is 0.256 e. The Morgan fingerprint density at radius 1 is 1.10 bits per heavy atom. The quantitative estimate of drug-likeness (QED) is 0.372. The first-order valence-electron chi connectivity index (χ1n) is 14.5. The fourth-order valence-corrected chi connectivity index (χ4v) is 5.98. The summed E-state index contributed by atoms with van der Waals surface area (Å²) in [6, 6.07) is 6.42. The van der Waals surface area contributed by atoms with Crippen LogP contribution >= 0.6 is 0 Å². The number of pyridine rings is 1. The van der Waals surface area contributed by atoms with E-state index in [1.807, 2.05) is 6.92 Å². The summed E-state index contributed by atoms with van der Waals surface area (Å²) in [6.45, 7) is 6.53. The maximum absolute atomic E-state index is 14.0. The molecule has 0 radical (unpaired) electrons. The van der Waals surface area contributed by atoms with Crippen molar-refractivity contribution in [3.63, 3.8) is 0 Å². The first kappa shape index (κ1) is 26.0. The van der Waals surface area contributed by atoms with E-state index in [9.17, 15) is 9.59 Å². The second-order valence-corrected chi connectivity index (χ2v) is 11.4. The molecule has 2 N–H and O–H groups in total. The van der Waals surface area contributed by atoms with Crippen molar-refractivity contribution in [2.24, 2.45) is 5.92 Å². The fraction of sp³-hybridized carbons (Fsp3) is 0.548. The number of aryl methyl sites for hydroxylation is 1. The normalized spacial score (nSPS) is 17.9. The Morgan fingerprint density at radius 2 is 1.87 bits per heavy atom. The Bertz CT molecular complexity index is 1430. The molecule has 0 atom stereocenters. The number of carbonyl (C=O) groups is 1. The van der Waals surface area contributed by atoms with Gasteiger partial charge >= 0.3 is 0 Å². The number of nitrogens with zero attached hydrogens (tertiary/aromatic N) is 1. The lowest BCUT2D eigenvalue weighted by molar-refractivity contribution is 0.0841. The average Bonchev–Trinajstić information content (AvgIpc) is 3.88. The molecule has 0 spiro atoms. The minimum Gasteiger partial charge on any atom is -0.496 e. The SMILES string of the molecule is CCc1c(N(CC2CC2)C2CCOCC2)cc2oc(C3CC3)cc2c1C(=O)NCc1c(OC)cc(C)[nH]c1=O. The smallest absolute Gasteiger partial charge is 0.256 e. The summed E-state index contributed by atoms with van der Waals surface area (Å²) < 4.78 is 17.6. The van der Waals surface area contributed by atoms with Crippen molar-refractivity contribution in [3.05, 3.63) is 56.7 Å². The number of methoxy groups -OCH3 is 1. The maximum atomic E-state index is 14.0. The first-order valence-corrected chi connectivity index (χ1v) is 14.5. The number of ether oxygens (including phenoxy) is 2. The number of aromatic amines is 1. The monoisotopic (exact) mass is 533 g/mol.